The monoisotopic (exact) mass is 424 g/mol. The van der Waals surface area contributed by atoms with Crippen LogP contribution in [0.15, 0.2) is 54.6 Å². The molecule has 0 radical (unpaired) electrons. The first-order valence-corrected chi connectivity index (χ1v) is 8.80. The summed E-state index contributed by atoms with van der Waals surface area (Å²) in [7, 11) is 0. The van der Waals surface area contributed by atoms with E-state index in [0.29, 0.717) is 24.3 Å². The quantitative estimate of drug-likeness (QED) is 0.720. The highest BCUT2D eigenvalue weighted by atomic mass is 35.5. The molecule has 1 saturated heterocycles. The van der Waals surface area contributed by atoms with Crippen LogP contribution < -0.4 is 11.1 Å². The van der Waals surface area contributed by atoms with Gasteiger partial charge >= 0.3 is 0 Å². The number of nitrogens with one attached hydrogen (secondary N) is 1. The second kappa shape index (κ2) is 11.5. The lowest BCUT2D eigenvalue weighted by molar-refractivity contribution is -0.131. The summed E-state index contributed by atoms with van der Waals surface area (Å²) in [5.74, 6) is -0.383. The molecule has 1 aliphatic heterocycles. The molecule has 0 unspecified atom stereocenters. The van der Waals surface area contributed by atoms with Crippen LogP contribution in [0.3, 0.4) is 0 Å². The first kappa shape index (κ1) is 23.8. The predicted molar refractivity (Wildman–Crippen MR) is 116 cm³/mol. The van der Waals surface area contributed by atoms with Crippen LogP contribution >= 0.6 is 24.8 Å². The van der Waals surface area contributed by atoms with Crippen LogP contribution in [0.25, 0.3) is 0 Å². The number of carbonyl (C=O) groups excluding carboxylic acids is 2. The number of hydrogen-bond donors (Lipinski definition) is 2. The van der Waals surface area contributed by atoms with E-state index in [1.54, 1.807) is 29.2 Å². The van der Waals surface area contributed by atoms with Gasteiger partial charge in [-0.3, -0.25) is 14.5 Å². The molecule has 1 heterocycles. The Labute approximate surface area is 177 Å². The number of para-hydroxylation sites is 1. The van der Waals surface area contributed by atoms with Crippen molar-refractivity contribution in [3.63, 3.8) is 0 Å². The van der Waals surface area contributed by atoms with Crippen molar-refractivity contribution in [2.24, 2.45) is 0 Å². The van der Waals surface area contributed by atoms with Crippen molar-refractivity contribution >= 4 is 42.3 Å². The molecule has 0 spiro atoms. The summed E-state index contributed by atoms with van der Waals surface area (Å²) in [4.78, 5) is 28.6. The Bertz CT molecular complexity index is 766. The zero-order chi connectivity index (χ0) is 18.4. The van der Waals surface area contributed by atoms with Crippen LogP contribution in [-0.4, -0.2) is 54.3 Å². The summed E-state index contributed by atoms with van der Waals surface area (Å²) >= 11 is 0. The Kier molecular flexibility index (Phi) is 9.79. The summed E-state index contributed by atoms with van der Waals surface area (Å²) in [6.07, 6.45) is 0. The molecule has 28 heavy (non-hydrogen) atoms. The van der Waals surface area contributed by atoms with Crippen molar-refractivity contribution in [2.75, 3.05) is 38.5 Å². The van der Waals surface area contributed by atoms with E-state index in [0.717, 1.165) is 19.6 Å². The zero-order valence-corrected chi connectivity index (χ0v) is 17.2. The van der Waals surface area contributed by atoms with E-state index in [1.807, 2.05) is 18.2 Å². The first-order valence-electron chi connectivity index (χ1n) is 8.80. The molecule has 1 aliphatic rings. The van der Waals surface area contributed by atoms with Crippen LogP contribution in [-0.2, 0) is 11.3 Å². The molecule has 0 bridgehead atoms. The number of nitrogens with two attached hydrogens (primary N) is 1. The third kappa shape index (κ3) is 6.41. The molecule has 0 aliphatic carbocycles. The van der Waals surface area contributed by atoms with E-state index >= 15 is 0 Å². The van der Waals surface area contributed by atoms with Gasteiger partial charge in [0.05, 0.1) is 12.1 Å². The standard InChI is InChI=1S/C20H24N4O2.2ClH/c21-18-9-5-4-8-17(18)20(26)22-14-19(25)24-12-10-23(11-13-24)15-16-6-2-1-3-7-16;;/h1-9H,10-15,21H2,(H,22,26);2*1H. The molecule has 2 aromatic rings. The average molecular weight is 425 g/mol. The topological polar surface area (TPSA) is 78.7 Å². The largest absolute Gasteiger partial charge is 0.398 e. The van der Waals surface area contributed by atoms with Crippen LogP contribution in [0, 0.1) is 0 Å². The number of piperazine rings is 1. The van der Waals surface area contributed by atoms with Gasteiger partial charge in [0.1, 0.15) is 0 Å². The Morgan fingerprint density at radius 1 is 0.893 bits per heavy atom. The maximum absolute atomic E-state index is 12.3. The zero-order valence-electron chi connectivity index (χ0n) is 15.5. The summed E-state index contributed by atoms with van der Waals surface area (Å²) in [5, 5.41) is 2.66. The molecular weight excluding hydrogens is 399 g/mol. The maximum atomic E-state index is 12.3. The number of nitrogens with zero attached hydrogens (tertiary/aromatic N) is 2. The number of nitrogen functional groups attached to an aromatic ring is 1. The number of anilines is 1. The number of amides is 2. The number of hydrogen-bond acceptors (Lipinski definition) is 4. The minimum atomic E-state index is -0.320. The highest BCUT2D eigenvalue weighted by molar-refractivity contribution is 6.00. The number of rotatable bonds is 5. The Morgan fingerprint density at radius 2 is 1.50 bits per heavy atom. The first-order chi connectivity index (χ1) is 12.6. The fourth-order valence-corrected chi connectivity index (χ4v) is 3.06. The molecule has 8 heteroatoms. The smallest absolute Gasteiger partial charge is 0.253 e. The van der Waals surface area contributed by atoms with Crippen molar-refractivity contribution in [3.05, 3.63) is 65.7 Å². The maximum Gasteiger partial charge on any atom is 0.253 e. The summed E-state index contributed by atoms with van der Waals surface area (Å²) < 4.78 is 0. The molecule has 2 aromatic carbocycles. The normalized spacial score (nSPS) is 13.8. The van der Waals surface area contributed by atoms with Gasteiger partial charge in [-0.2, -0.15) is 0 Å². The fraction of sp³-hybridized carbons (Fsp3) is 0.300. The number of benzene rings is 2. The van der Waals surface area contributed by atoms with Gasteiger partial charge in [0.2, 0.25) is 5.91 Å². The average Bonchev–Trinajstić information content (AvgIpc) is 2.67. The molecule has 0 aromatic heterocycles. The van der Waals surface area contributed by atoms with E-state index in [2.05, 4.69) is 22.3 Å². The molecule has 2 amide bonds. The molecule has 0 saturated carbocycles. The summed E-state index contributed by atoms with van der Waals surface area (Å²) in [5.41, 5.74) is 7.87. The van der Waals surface area contributed by atoms with Crippen molar-refractivity contribution in [1.82, 2.24) is 15.1 Å². The summed E-state index contributed by atoms with van der Waals surface area (Å²) in [6.45, 7) is 3.91. The van der Waals surface area contributed by atoms with Gasteiger partial charge < -0.3 is 16.0 Å². The molecule has 3 rings (SSSR count). The fourth-order valence-electron chi connectivity index (χ4n) is 3.06. The van der Waals surface area contributed by atoms with Crippen LogP contribution in [0.2, 0.25) is 0 Å². The predicted octanol–water partition coefficient (Wildman–Crippen LogP) is 2.19. The van der Waals surface area contributed by atoms with E-state index in [9.17, 15) is 9.59 Å². The highest BCUT2D eigenvalue weighted by Gasteiger charge is 2.21. The van der Waals surface area contributed by atoms with Gasteiger partial charge in [0, 0.05) is 38.4 Å². The lowest BCUT2D eigenvalue weighted by Crippen LogP contribution is -2.50. The van der Waals surface area contributed by atoms with E-state index in [4.69, 9.17) is 5.73 Å². The van der Waals surface area contributed by atoms with Crippen LogP contribution in [0.5, 0.6) is 0 Å². The Morgan fingerprint density at radius 3 is 2.14 bits per heavy atom. The van der Waals surface area contributed by atoms with E-state index in [1.165, 1.54) is 5.56 Å². The third-order valence-corrected chi connectivity index (χ3v) is 4.58. The molecule has 0 atom stereocenters. The van der Waals surface area contributed by atoms with Gasteiger partial charge in [0.25, 0.3) is 5.91 Å². The van der Waals surface area contributed by atoms with E-state index in [-0.39, 0.29) is 43.2 Å². The Balaban J connectivity index is 0.00000196. The van der Waals surface area contributed by atoms with Crippen molar-refractivity contribution in [2.45, 2.75) is 6.54 Å². The molecule has 3 N–H and O–H groups in total. The van der Waals surface area contributed by atoms with Gasteiger partial charge in [-0.05, 0) is 17.7 Å². The second-order valence-electron chi connectivity index (χ2n) is 6.41. The lowest BCUT2D eigenvalue weighted by Gasteiger charge is -2.34. The minimum absolute atomic E-state index is 0. The Hall–Kier alpha value is -2.28. The van der Waals surface area contributed by atoms with Crippen LogP contribution in [0.4, 0.5) is 5.69 Å². The molecular formula is C20H26Cl2N4O2. The van der Waals surface area contributed by atoms with Crippen molar-refractivity contribution in [1.29, 1.82) is 0 Å². The molecule has 6 nitrogen and oxygen atoms in total. The van der Waals surface area contributed by atoms with Gasteiger partial charge in [0.15, 0.2) is 0 Å². The van der Waals surface area contributed by atoms with Crippen molar-refractivity contribution < 1.29 is 9.59 Å². The van der Waals surface area contributed by atoms with Crippen molar-refractivity contribution in [3.8, 4) is 0 Å². The number of halogens is 2. The lowest BCUT2D eigenvalue weighted by atomic mass is 10.1. The number of carbonyl (C=O) groups is 2. The van der Waals surface area contributed by atoms with Gasteiger partial charge in [-0.25, -0.2) is 0 Å². The summed E-state index contributed by atoms with van der Waals surface area (Å²) in [6, 6.07) is 17.2. The highest BCUT2D eigenvalue weighted by Crippen LogP contribution is 2.10. The second-order valence-corrected chi connectivity index (χ2v) is 6.41. The molecule has 1 fully saturated rings. The SMILES string of the molecule is Cl.Cl.Nc1ccccc1C(=O)NCC(=O)N1CCN(Cc2ccccc2)CC1. The van der Waals surface area contributed by atoms with Gasteiger partial charge in [-0.1, -0.05) is 42.5 Å². The van der Waals surface area contributed by atoms with Crippen LogP contribution in [0.1, 0.15) is 15.9 Å². The minimum Gasteiger partial charge on any atom is -0.398 e. The van der Waals surface area contributed by atoms with Gasteiger partial charge in [-0.15, -0.1) is 24.8 Å². The third-order valence-electron chi connectivity index (χ3n) is 4.58. The molecule has 152 valence electrons. The van der Waals surface area contributed by atoms with E-state index < -0.39 is 0 Å².